The molecule has 0 unspecified atom stereocenters. The van der Waals surface area contributed by atoms with Crippen molar-refractivity contribution in [2.45, 2.75) is 20.4 Å². The lowest BCUT2D eigenvalue weighted by molar-refractivity contribution is 0.101. The number of aryl methyl sites for hydroxylation is 1. The van der Waals surface area contributed by atoms with Gasteiger partial charge in [-0.05, 0) is 25.5 Å². The Bertz CT molecular complexity index is 787. The lowest BCUT2D eigenvalue weighted by atomic mass is 10.2. The second-order valence-electron chi connectivity index (χ2n) is 4.64. The van der Waals surface area contributed by atoms with Crippen LogP contribution < -0.4 is 11.2 Å². The van der Waals surface area contributed by atoms with Gasteiger partial charge in [0.15, 0.2) is 5.78 Å². The van der Waals surface area contributed by atoms with Crippen molar-refractivity contribution in [3.63, 3.8) is 0 Å². The fraction of sp³-hybridized carbons (Fsp3) is 0.286. The Hall–Kier alpha value is -2.50. The molecule has 0 spiro atoms. The SMILES string of the molecule is CC(=O)c1cn(Cc2ncccc2C)c(=O)n(C)c1=O. The summed E-state index contributed by atoms with van der Waals surface area (Å²) in [6, 6.07) is 3.70. The number of hydrogen-bond donors (Lipinski definition) is 0. The summed E-state index contributed by atoms with van der Waals surface area (Å²) < 4.78 is 2.27. The molecule has 2 aromatic rings. The number of hydrogen-bond acceptors (Lipinski definition) is 4. The third kappa shape index (κ3) is 2.45. The average molecular weight is 273 g/mol. The van der Waals surface area contributed by atoms with Crippen molar-refractivity contribution >= 4 is 5.78 Å². The van der Waals surface area contributed by atoms with Gasteiger partial charge < -0.3 is 0 Å². The van der Waals surface area contributed by atoms with Crippen LogP contribution in [-0.4, -0.2) is 19.9 Å². The largest absolute Gasteiger partial charge is 0.331 e. The van der Waals surface area contributed by atoms with Gasteiger partial charge in [0.25, 0.3) is 5.56 Å². The van der Waals surface area contributed by atoms with Gasteiger partial charge in [0.05, 0.1) is 17.8 Å². The molecule has 6 nitrogen and oxygen atoms in total. The van der Waals surface area contributed by atoms with Gasteiger partial charge in [-0.2, -0.15) is 0 Å². The standard InChI is InChI=1S/C14H15N3O3/c1-9-5-4-6-15-12(9)8-17-7-11(10(2)18)13(19)16(3)14(17)20/h4-7H,8H2,1-3H3. The van der Waals surface area contributed by atoms with Gasteiger partial charge in [-0.25, -0.2) is 4.79 Å². The first-order valence-corrected chi connectivity index (χ1v) is 6.13. The zero-order valence-electron chi connectivity index (χ0n) is 11.6. The predicted molar refractivity (Wildman–Crippen MR) is 74.0 cm³/mol. The molecule has 0 saturated carbocycles. The van der Waals surface area contributed by atoms with Gasteiger partial charge in [0.2, 0.25) is 0 Å². The highest BCUT2D eigenvalue weighted by Crippen LogP contribution is 2.04. The number of carbonyl (C=O) groups is 1. The third-order valence-electron chi connectivity index (χ3n) is 3.17. The molecule has 0 fully saturated rings. The molecule has 0 aromatic carbocycles. The van der Waals surface area contributed by atoms with E-state index in [1.54, 1.807) is 6.20 Å². The summed E-state index contributed by atoms with van der Waals surface area (Å²) in [4.78, 5) is 39.5. The average Bonchev–Trinajstić information content (AvgIpc) is 2.41. The molecular weight excluding hydrogens is 258 g/mol. The Labute approximate surface area is 115 Å². The van der Waals surface area contributed by atoms with Crippen LogP contribution in [-0.2, 0) is 13.6 Å². The number of Topliss-reactive ketones (excluding diaryl/α,β-unsaturated/α-hetero) is 1. The van der Waals surface area contributed by atoms with Crippen molar-refractivity contribution in [2.24, 2.45) is 7.05 Å². The van der Waals surface area contributed by atoms with Crippen LogP contribution in [0, 0.1) is 6.92 Å². The normalized spacial score (nSPS) is 10.6. The minimum absolute atomic E-state index is 0.000634. The zero-order chi connectivity index (χ0) is 14.9. The Morgan fingerprint density at radius 3 is 2.65 bits per heavy atom. The minimum atomic E-state index is -0.573. The summed E-state index contributed by atoms with van der Waals surface area (Å²) in [5.74, 6) is -0.364. The van der Waals surface area contributed by atoms with Crippen molar-refractivity contribution in [3.8, 4) is 0 Å². The third-order valence-corrected chi connectivity index (χ3v) is 3.17. The van der Waals surface area contributed by atoms with E-state index in [4.69, 9.17) is 0 Å². The molecule has 2 aromatic heterocycles. The van der Waals surface area contributed by atoms with Crippen LogP contribution in [0.4, 0.5) is 0 Å². The van der Waals surface area contributed by atoms with E-state index in [1.165, 1.54) is 24.7 Å². The fourth-order valence-corrected chi connectivity index (χ4v) is 1.93. The maximum absolute atomic E-state index is 12.1. The maximum Gasteiger partial charge on any atom is 0.331 e. The first-order valence-electron chi connectivity index (χ1n) is 6.13. The Balaban J connectivity index is 2.59. The van der Waals surface area contributed by atoms with Gasteiger partial charge in [-0.3, -0.25) is 23.7 Å². The van der Waals surface area contributed by atoms with E-state index in [0.29, 0.717) is 0 Å². The summed E-state index contributed by atoms with van der Waals surface area (Å²) in [6.45, 7) is 3.42. The van der Waals surface area contributed by atoms with Crippen LogP contribution in [0.25, 0.3) is 0 Å². The van der Waals surface area contributed by atoms with E-state index in [2.05, 4.69) is 4.98 Å². The number of aromatic nitrogens is 3. The van der Waals surface area contributed by atoms with Gasteiger partial charge >= 0.3 is 5.69 Å². The van der Waals surface area contributed by atoms with Gasteiger partial charge in [0, 0.05) is 19.4 Å². The summed E-state index contributed by atoms with van der Waals surface area (Å²) in [5.41, 5.74) is 0.627. The summed E-state index contributed by atoms with van der Waals surface area (Å²) in [5, 5.41) is 0. The molecule has 0 aliphatic rings. The smallest absolute Gasteiger partial charge is 0.294 e. The van der Waals surface area contributed by atoms with Crippen LogP contribution in [0.3, 0.4) is 0 Å². The monoisotopic (exact) mass is 273 g/mol. The molecule has 20 heavy (non-hydrogen) atoms. The number of nitrogens with zero attached hydrogens (tertiary/aromatic N) is 3. The van der Waals surface area contributed by atoms with E-state index in [-0.39, 0.29) is 17.9 Å². The Kier molecular flexibility index (Phi) is 3.65. The van der Waals surface area contributed by atoms with Crippen LogP contribution in [0.2, 0.25) is 0 Å². The van der Waals surface area contributed by atoms with Crippen LogP contribution in [0.1, 0.15) is 28.5 Å². The molecule has 0 N–H and O–H groups in total. The van der Waals surface area contributed by atoms with E-state index in [1.807, 2.05) is 19.1 Å². The lowest BCUT2D eigenvalue weighted by Gasteiger charge is -2.10. The van der Waals surface area contributed by atoms with Gasteiger partial charge in [0.1, 0.15) is 0 Å². The second kappa shape index (κ2) is 5.24. The molecule has 6 heteroatoms. The molecule has 0 aliphatic carbocycles. The number of carbonyl (C=O) groups excluding carboxylic acids is 1. The summed E-state index contributed by atoms with van der Waals surface area (Å²) >= 11 is 0. The molecule has 0 saturated heterocycles. The number of ketones is 1. The highest BCUT2D eigenvalue weighted by Gasteiger charge is 2.13. The van der Waals surface area contributed by atoms with Crippen molar-refractivity contribution in [1.82, 2.24) is 14.1 Å². The topological polar surface area (TPSA) is 74.0 Å². The quantitative estimate of drug-likeness (QED) is 0.763. The van der Waals surface area contributed by atoms with E-state index < -0.39 is 11.2 Å². The van der Waals surface area contributed by atoms with E-state index >= 15 is 0 Å². The highest BCUT2D eigenvalue weighted by molar-refractivity contribution is 5.93. The number of pyridine rings is 1. The predicted octanol–water partition coefficient (Wildman–Crippen LogP) is 0.501. The Morgan fingerprint density at radius 1 is 1.35 bits per heavy atom. The Morgan fingerprint density at radius 2 is 2.05 bits per heavy atom. The maximum atomic E-state index is 12.1. The van der Waals surface area contributed by atoms with Gasteiger partial charge in [-0.1, -0.05) is 6.07 Å². The number of rotatable bonds is 3. The second-order valence-corrected chi connectivity index (χ2v) is 4.64. The van der Waals surface area contributed by atoms with Crippen LogP contribution >= 0.6 is 0 Å². The molecule has 0 amide bonds. The molecule has 104 valence electrons. The molecule has 2 heterocycles. The first kappa shape index (κ1) is 13.9. The molecule has 2 rings (SSSR count). The van der Waals surface area contributed by atoms with Gasteiger partial charge in [-0.15, -0.1) is 0 Å². The first-order chi connectivity index (χ1) is 9.41. The molecule has 0 bridgehead atoms. The summed E-state index contributed by atoms with van der Waals surface area (Å²) in [7, 11) is 1.36. The van der Waals surface area contributed by atoms with Crippen LogP contribution in [0.5, 0.6) is 0 Å². The fourth-order valence-electron chi connectivity index (χ4n) is 1.93. The van der Waals surface area contributed by atoms with E-state index in [0.717, 1.165) is 15.8 Å². The summed E-state index contributed by atoms with van der Waals surface area (Å²) in [6.07, 6.45) is 2.95. The van der Waals surface area contributed by atoms with Crippen molar-refractivity contribution in [3.05, 3.63) is 62.2 Å². The van der Waals surface area contributed by atoms with Crippen molar-refractivity contribution in [2.75, 3.05) is 0 Å². The minimum Gasteiger partial charge on any atom is -0.294 e. The molecular formula is C14H15N3O3. The van der Waals surface area contributed by atoms with Crippen LogP contribution in [0.15, 0.2) is 34.1 Å². The van der Waals surface area contributed by atoms with Crippen molar-refractivity contribution < 1.29 is 4.79 Å². The molecule has 0 radical (unpaired) electrons. The molecule has 0 aliphatic heterocycles. The zero-order valence-corrected chi connectivity index (χ0v) is 11.6. The lowest BCUT2D eigenvalue weighted by Crippen LogP contribution is -2.40. The highest BCUT2D eigenvalue weighted by atomic mass is 16.2. The van der Waals surface area contributed by atoms with E-state index in [9.17, 15) is 14.4 Å². The van der Waals surface area contributed by atoms with Crippen molar-refractivity contribution in [1.29, 1.82) is 0 Å². The molecule has 0 atom stereocenters.